The lowest BCUT2D eigenvalue weighted by Crippen LogP contribution is -2.13. The van der Waals surface area contributed by atoms with Crippen molar-refractivity contribution in [1.29, 1.82) is 0 Å². The van der Waals surface area contributed by atoms with Crippen LogP contribution in [0.5, 0.6) is 0 Å². The summed E-state index contributed by atoms with van der Waals surface area (Å²) in [4.78, 5) is 23.1. The second-order valence-electron chi connectivity index (χ2n) is 5.08. The molecule has 0 aliphatic rings. The van der Waals surface area contributed by atoms with Crippen LogP contribution >= 0.6 is 0 Å². The third kappa shape index (κ3) is 4.06. The Labute approximate surface area is 129 Å². The lowest BCUT2D eigenvalue weighted by Gasteiger charge is -2.06. The number of carboxylic acid groups (broad SMARTS) is 1. The fourth-order valence-corrected chi connectivity index (χ4v) is 1.94. The number of aromatic carboxylic acids is 1. The Kier molecular flexibility index (Phi) is 4.73. The molecule has 0 saturated carbocycles. The van der Waals surface area contributed by atoms with E-state index in [1.54, 1.807) is 25.1 Å². The largest absolute Gasteiger partial charge is 0.478 e. The number of rotatable bonds is 4. The van der Waals surface area contributed by atoms with E-state index in [1.165, 1.54) is 12.1 Å². The van der Waals surface area contributed by atoms with Gasteiger partial charge in [-0.3, -0.25) is 4.79 Å². The molecule has 2 N–H and O–H groups in total. The zero-order valence-corrected chi connectivity index (χ0v) is 12.5. The minimum absolute atomic E-state index is 0.137. The molecular weight excluding hydrogens is 278 g/mol. The zero-order valence-electron chi connectivity index (χ0n) is 12.5. The van der Waals surface area contributed by atoms with Crippen LogP contribution < -0.4 is 5.32 Å². The van der Waals surface area contributed by atoms with Gasteiger partial charge in [0.2, 0.25) is 0 Å². The van der Waals surface area contributed by atoms with Crippen LogP contribution in [0, 0.1) is 6.92 Å². The molecule has 0 heterocycles. The smallest absolute Gasteiger partial charge is 0.335 e. The number of hydrogen-bond donors (Lipinski definition) is 2. The standard InChI is InChI=1S/C18H17NO3/c1-12-6-8-14(9-7-12)10-13(2)17(20)19-16-5-3-4-15(11-16)18(21)22/h3-11H,1-2H3,(H,19,20)(H,21,22). The number of hydrogen-bond acceptors (Lipinski definition) is 2. The SMILES string of the molecule is CC(=Cc1ccc(C)cc1)C(=O)Nc1cccc(C(=O)O)c1. The first-order valence-corrected chi connectivity index (χ1v) is 6.85. The Morgan fingerprint density at radius 3 is 2.41 bits per heavy atom. The van der Waals surface area contributed by atoms with E-state index in [1.807, 2.05) is 31.2 Å². The number of aryl methyl sites for hydroxylation is 1. The Balaban J connectivity index is 2.12. The Morgan fingerprint density at radius 2 is 1.77 bits per heavy atom. The average Bonchev–Trinajstić information content (AvgIpc) is 2.49. The summed E-state index contributed by atoms with van der Waals surface area (Å²) in [6, 6.07) is 14.0. The van der Waals surface area contributed by atoms with Crippen LogP contribution in [-0.2, 0) is 4.79 Å². The van der Waals surface area contributed by atoms with Gasteiger partial charge in [0.25, 0.3) is 5.91 Å². The molecule has 0 radical (unpaired) electrons. The van der Waals surface area contributed by atoms with E-state index in [0.29, 0.717) is 11.3 Å². The highest BCUT2D eigenvalue weighted by Crippen LogP contribution is 2.14. The first-order chi connectivity index (χ1) is 10.5. The van der Waals surface area contributed by atoms with Gasteiger partial charge in [0.1, 0.15) is 0 Å². The predicted molar refractivity (Wildman–Crippen MR) is 86.9 cm³/mol. The molecule has 0 spiro atoms. The van der Waals surface area contributed by atoms with Gasteiger partial charge in [-0.15, -0.1) is 0 Å². The van der Waals surface area contributed by atoms with Crippen molar-refractivity contribution in [3.05, 3.63) is 70.8 Å². The normalized spacial score (nSPS) is 11.1. The first kappa shape index (κ1) is 15.5. The summed E-state index contributed by atoms with van der Waals surface area (Å²) >= 11 is 0. The summed E-state index contributed by atoms with van der Waals surface area (Å²) < 4.78 is 0. The van der Waals surface area contributed by atoms with Gasteiger partial charge in [-0.25, -0.2) is 4.79 Å². The van der Waals surface area contributed by atoms with E-state index in [4.69, 9.17) is 5.11 Å². The average molecular weight is 295 g/mol. The van der Waals surface area contributed by atoms with E-state index in [-0.39, 0.29) is 11.5 Å². The lowest BCUT2D eigenvalue weighted by molar-refractivity contribution is -0.112. The van der Waals surface area contributed by atoms with Crippen molar-refractivity contribution in [3.8, 4) is 0 Å². The van der Waals surface area contributed by atoms with Crippen molar-refractivity contribution in [2.45, 2.75) is 13.8 Å². The van der Waals surface area contributed by atoms with Gasteiger partial charge in [-0.1, -0.05) is 35.9 Å². The van der Waals surface area contributed by atoms with Crippen LogP contribution in [0.15, 0.2) is 54.1 Å². The highest BCUT2D eigenvalue weighted by Gasteiger charge is 2.07. The molecule has 1 amide bonds. The molecule has 0 aliphatic carbocycles. The fraction of sp³-hybridized carbons (Fsp3) is 0.111. The summed E-state index contributed by atoms with van der Waals surface area (Å²) in [7, 11) is 0. The highest BCUT2D eigenvalue weighted by atomic mass is 16.4. The molecule has 112 valence electrons. The molecule has 4 heteroatoms. The van der Waals surface area contributed by atoms with Crippen LogP contribution in [0.2, 0.25) is 0 Å². The third-order valence-electron chi connectivity index (χ3n) is 3.19. The quantitative estimate of drug-likeness (QED) is 0.844. The summed E-state index contributed by atoms with van der Waals surface area (Å²) in [6.07, 6.45) is 1.79. The van der Waals surface area contributed by atoms with E-state index in [2.05, 4.69) is 5.32 Å². The van der Waals surface area contributed by atoms with Gasteiger partial charge < -0.3 is 10.4 Å². The van der Waals surface area contributed by atoms with Gasteiger partial charge in [0, 0.05) is 11.3 Å². The maximum Gasteiger partial charge on any atom is 0.335 e. The highest BCUT2D eigenvalue weighted by molar-refractivity contribution is 6.06. The van der Waals surface area contributed by atoms with Gasteiger partial charge in [0.15, 0.2) is 0 Å². The number of anilines is 1. The number of carbonyl (C=O) groups is 2. The minimum atomic E-state index is -1.02. The van der Waals surface area contributed by atoms with E-state index in [0.717, 1.165) is 11.1 Å². The molecule has 0 fully saturated rings. The van der Waals surface area contributed by atoms with Crippen LogP contribution in [0.25, 0.3) is 6.08 Å². The van der Waals surface area contributed by atoms with Crippen LogP contribution in [0.4, 0.5) is 5.69 Å². The van der Waals surface area contributed by atoms with Crippen molar-refractivity contribution in [1.82, 2.24) is 0 Å². The maximum atomic E-state index is 12.1. The number of carbonyl (C=O) groups excluding carboxylic acids is 1. The third-order valence-corrected chi connectivity index (χ3v) is 3.19. The maximum absolute atomic E-state index is 12.1. The molecule has 2 rings (SSSR count). The lowest BCUT2D eigenvalue weighted by atomic mass is 10.1. The van der Waals surface area contributed by atoms with Crippen LogP contribution in [0.3, 0.4) is 0 Å². The Morgan fingerprint density at radius 1 is 1.09 bits per heavy atom. The monoisotopic (exact) mass is 295 g/mol. The molecule has 0 bridgehead atoms. The first-order valence-electron chi connectivity index (χ1n) is 6.85. The molecule has 0 saturated heterocycles. The summed E-state index contributed by atoms with van der Waals surface area (Å²) in [5.41, 5.74) is 3.24. The molecule has 2 aromatic carbocycles. The van der Waals surface area contributed by atoms with Crippen molar-refractivity contribution in [2.24, 2.45) is 0 Å². The topological polar surface area (TPSA) is 66.4 Å². The number of amides is 1. The molecule has 0 aromatic heterocycles. The van der Waals surface area contributed by atoms with Crippen molar-refractivity contribution in [2.75, 3.05) is 5.32 Å². The number of carboxylic acids is 1. The van der Waals surface area contributed by atoms with Gasteiger partial charge >= 0.3 is 5.97 Å². The predicted octanol–water partition coefficient (Wildman–Crippen LogP) is 3.74. The van der Waals surface area contributed by atoms with Gasteiger partial charge in [0.05, 0.1) is 5.56 Å². The summed E-state index contributed by atoms with van der Waals surface area (Å²) in [5.74, 6) is -1.29. The van der Waals surface area contributed by atoms with E-state index in [9.17, 15) is 9.59 Å². The van der Waals surface area contributed by atoms with Crippen molar-refractivity contribution >= 4 is 23.6 Å². The van der Waals surface area contributed by atoms with Crippen LogP contribution in [-0.4, -0.2) is 17.0 Å². The minimum Gasteiger partial charge on any atom is -0.478 e. The fourth-order valence-electron chi connectivity index (χ4n) is 1.94. The molecule has 22 heavy (non-hydrogen) atoms. The van der Waals surface area contributed by atoms with Gasteiger partial charge in [-0.05, 0) is 43.7 Å². The van der Waals surface area contributed by atoms with E-state index < -0.39 is 5.97 Å². The number of benzene rings is 2. The Bertz CT molecular complexity index is 730. The summed E-state index contributed by atoms with van der Waals surface area (Å²) in [5, 5.41) is 11.6. The molecule has 4 nitrogen and oxygen atoms in total. The number of nitrogens with one attached hydrogen (secondary N) is 1. The van der Waals surface area contributed by atoms with E-state index >= 15 is 0 Å². The second kappa shape index (κ2) is 6.72. The molecule has 2 aromatic rings. The second-order valence-corrected chi connectivity index (χ2v) is 5.08. The zero-order chi connectivity index (χ0) is 16.1. The van der Waals surface area contributed by atoms with Crippen LogP contribution in [0.1, 0.15) is 28.4 Å². The molecule has 0 atom stereocenters. The molecular formula is C18H17NO3. The Hall–Kier alpha value is -2.88. The molecule has 0 aliphatic heterocycles. The van der Waals surface area contributed by atoms with Gasteiger partial charge in [-0.2, -0.15) is 0 Å². The van der Waals surface area contributed by atoms with Crippen molar-refractivity contribution < 1.29 is 14.7 Å². The molecule has 0 unspecified atom stereocenters. The van der Waals surface area contributed by atoms with Crippen molar-refractivity contribution in [3.63, 3.8) is 0 Å². The summed E-state index contributed by atoms with van der Waals surface area (Å²) in [6.45, 7) is 3.72.